The van der Waals surface area contributed by atoms with Crippen LogP contribution in [0.5, 0.6) is 0 Å². The molecular formula is C36H69O10P. The average molecular weight is 693 g/mol. The molecule has 0 heterocycles. The molecule has 10 nitrogen and oxygen atoms in total. The summed E-state index contributed by atoms with van der Waals surface area (Å²) in [6.07, 6.45) is 27.6. The van der Waals surface area contributed by atoms with E-state index in [2.05, 4.69) is 30.5 Å². The van der Waals surface area contributed by atoms with Gasteiger partial charge in [-0.25, -0.2) is 4.57 Å². The van der Waals surface area contributed by atoms with E-state index in [-0.39, 0.29) is 19.4 Å². The van der Waals surface area contributed by atoms with Gasteiger partial charge in [0.25, 0.3) is 0 Å². The molecular weight excluding hydrogens is 623 g/mol. The van der Waals surface area contributed by atoms with Crippen LogP contribution in [0.1, 0.15) is 168 Å². The minimum atomic E-state index is -4.60. The van der Waals surface area contributed by atoms with Gasteiger partial charge in [-0.05, 0) is 38.5 Å². The molecule has 0 saturated heterocycles. The number of phosphoric ester groups is 1. The summed E-state index contributed by atoms with van der Waals surface area (Å²) in [6.45, 7) is 2.33. The van der Waals surface area contributed by atoms with Crippen LogP contribution in [0.15, 0.2) is 12.2 Å². The Morgan fingerprint density at radius 1 is 0.617 bits per heavy atom. The fraction of sp³-hybridized carbons (Fsp3) is 0.889. The van der Waals surface area contributed by atoms with E-state index in [1.807, 2.05) is 0 Å². The van der Waals surface area contributed by atoms with E-state index < -0.39 is 51.8 Å². The fourth-order valence-corrected chi connectivity index (χ4v) is 5.78. The first-order valence-corrected chi connectivity index (χ1v) is 20.1. The van der Waals surface area contributed by atoms with Gasteiger partial charge in [0.2, 0.25) is 0 Å². The van der Waals surface area contributed by atoms with Gasteiger partial charge in [0, 0.05) is 12.8 Å². The van der Waals surface area contributed by atoms with Gasteiger partial charge in [0.05, 0.1) is 19.8 Å². The van der Waals surface area contributed by atoms with Crippen molar-refractivity contribution in [1.82, 2.24) is 0 Å². The maximum atomic E-state index is 12.5. The molecule has 0 aromatic rings. The summed E-state index contributed by atoms with van der Waals surface area (Å²) in [4.78, 5) is 34.7. The second kappa shape index (κ2) is 33.2. The number of ether oxygens (including phenoxy) is 2. The van der Waals surface area contributed by atoms with Crippen LogP contribution in [0.4, 0.5) is 0 Å². The van der Waals surface area contributed by atoms with Crippen LogP contribution < -0.4 is 0 Å². The Morgan fingerprint density at radius 2 is 1.04 bits per heavy atom. The smallest absolute Gasteiger partial charge is 0.462 e. The highest BCUT2D eigenvalue weighted by Gasteiger charge is 2.27. The van der Waals surface area contributed by atoms with Crippen molar-refractivity contribution in [2.45, 2.75) is 180 Å². The van der Waals surface area contributed by atoms with Gasteiger partial charge in [0.15, 0.2) is 6.10 Å². The lowest BCUT2D eigenvalue weighted by Crippen LogP contribution is -2.29. The molecule has 0 bridgehead atoms. The third kappa shape index (κ3) is 33.0. The summed E-state index contributed by atoms with van der Waals surface area (Å²) in [6, 6.07) is 0. The Labute approximate surface area is 286 Å². The number of aliphatic hydroxyl groups is 2. The van der Waals surface area contributed by atoms with E-state index in [0.29, 0.717) is 12.8 Å². The van der Waals surface area contributed by atoms with E-state index in [1.165, 1.54) is 70.6 Å². The normalized spacial score (nSPS) is 14.2. The largest absolute Gasteiger partial charge is 0.472 e. The van der Waals surface area contributed by atoms with Crippen molar-refractivity contribution in [3.63, 3.8) is 0 Å². The van der Waals surface area contributed by atoms with Crippen molar-refractivity contribution < 1.29 is 47.8 Å². The molecule has 0 fully saturated rings. The lowest BCUT2D eigenvalue weighted by molar-refractivity contribution is -0.161. The predicted octanol–water partition coefficient (Wildman–Crippen LogP) is 8.89. The zero-order chi connectivity index (χ0) is 34.9. The second-order valence-electron chi connectivity index (χ2n) is 12.6. The van der Waals surface area contributed by atoms with Gasteiger partial charge in [-0.15, -0.1) is 0 Å². The van der Waals surface area contributed by atoms with Crippen molar-refractivity contribution >= 4 is 19.8 Å². The van der Waals surface area contributed by atoms with E-state index in [0.717, 1.165) is 57.8 Å². The number of allylic oxidation sites excluding steroid dienone is 2. The Hall–Kier alpha value is -1.29. The molecule has 0 aliphatic heterocycles. The van der Waals surface area contributed by atoms with Gasteiger partial charge in [-0.1, -0.05) is 129 Å². The number of unbranched alkanes of at least 4 members (excludes halogenated alkanes) is 19. The summed E-state index contributed by atoms with van der Waals surface area (Å²) in [7, 11) is -4.60. The van der Waals surface area contributed by atoms with Crippen LogP contribution in [0.25, 0.3) is 0 Å². The minimum Gasteiger partial charge on any atom is -0.462 e. The third-order valence-electron chi connectivity index (χ3n) is 7.92. The van der Waals surface area contributed by atoms with Gasteiger partial charge in [-0.3, -0.25) is 18.6 Å². The number of esters is 2. The van der Waals surface area contributed by atoms with Gasteiger partial charge < -0.3 is 24.6 Å². The number of carbonyl (C=O) groups is 2. The molecule has 11 heteroatoms. The molecule has 0 aliphatic rings. The molecule has 0 radical (unpaired) electrons. The Morgan fingerprint density at radius 3 is 1.53 bits per heavy atom. The molecule has 3 atom stereocenters. The Bertz CT molecular complexity index is 807. The highest BCUT2D eigenvalue weighted by atomic mass is 31.2. The molecule has 0 aromatic heterocycles. The first-order valence-electron chi connectivity index (χ1n) is 18.6. The lowest BCUT2D eigenvalue weighted by Gasteiger charge is -2.20. The third-order valence-corrected chi connectivity index (χ3v) is 8.87. The summed E-state index contributed by atoms with van der Waals surface area (Å²) in [5, 5.41) is 18.2. The zero-order valence-electron chi connectivity index (χ0n) is 29.8. The molecule has 0 spiro atoms. The zero-order valence-corrected chi connectivity index (χ0v) is 30.6. The van der Waals surface area contributed by atoms with Gasteiger partial charge in [0.1, 0.15) is 12.7 Å². The molecule has 278 valence electrons. The number of hydrogen-bond donors (Lipinski definition) is 3. The molecule has 3 N–H and O–H groups in total. The molecule has 0 aliphatic carbocycles. The number of phosphoric acid groups is 1. The summed E-state index contributed by atoms with van der Waals surface area (Å²) >= 11 is 0. The van der Waals surface area contributed by atoms with Crippen LogP contribution in [0, 0.1) is 0 Å². The number of aliphatic hydroxyl groups excluding tert-OH is 2. The molecule has 47 heavy (non-hydrogen) atoms. The van der Waals surface area contributed by atoms with E-state index in [1.54, 1.807) is 0 Å². The maximum Gasteiger partial charge on any atom is 0.472 e. The van der Waals surface area contributed by atoms with Crippen molar-refractivity contribution in [1.29, 1.82) is 0 Å². The Kier molecular flexibility index (Phi) is 32.3. The van der Waals surface area contributed by atoms with Crippen LogP contribution in [0.2, 0.25) is 0 Å². The van der Waals surface area contributed by atoms with E-state index in [4.69, 9.17) is 19.1 Å². The van der Waals surface area contributed by atoms with Gasteiger partial charge >= 0.3 is 19.8 Å². The van der Waals surface area contributed by atoms with Crippen molar-refractivity contribution in [3.8, 4) is 0 Å². The van der Waals surface area contributed by atoms with Crippen LogP contribution in [-0.4, -0.2) is 65.7 Å². The van der Waals surface area contributed by atoms with Crippen LogP contribution >= 0.6 is 7.82 Å². The lowest BCUT2D eigenvalue weighted by atomic mass is 10.1. The molecule has 0 saturated carbocycles. The standard InChI is InChI=1S/C36H69O10P/c1-3-5-7-9-11-13-15-16-17-18-20-22-24-26-28-36(40)46-34(32-45-47(41,42)44-30-33(38)29-37)31-43-35(39)27-25-23-21-19-14-12-10-8-6-4-2/h15-16,33-34,37-38H,3-14,17-32H2,1-2H3,(H,41,42)/b16-15-/t33-,34+/m0/s1. The molecule has 0 rings (SSSR count). The van der Waals surface area contributed by atoms with Crippen LogP contribution in [-0.2, 0) is 32.7 Å². The SMILES string of the molecule is CCCCCCC/C=C\CCCCCCCC(=O)O[C@H](COC(=O)CCCCCCCCCCCC)COP(=O)(O)OC[C@@H](O)CO. The van der Waals surface area contributed by atoms with E-state index >= 15 is 0 Å². The maximum absolute atomic E-state index is 12.5. The number of hydrogen-bond acceptors (Lipinski definition) is 9. The van der Waals surface area contributed by atoms with Crippen molar-refractivity contribution in [3.05, 3.63) is 12.2 Å². The first kappa shape index (κ1) is 45.7. The average Bonchev–Trinajstić information content (AvgIpc) is 3.05. The number of carbonyl (C=O) groups excluding carboxylic acids is 2. The van der Waals surface area contributed by atoms with Crippen molar-refractivity contribution in [2.24, 2.45) is 0 Å². The van der Waals surface area contributed by atoms with Crippen LogP contribution in [0.3, 0.4) is 0 Å². The summed E-state index contributed by atoms with van der Waals surface area (Å²) in [5.41, 5.74) is 0. The molecule has 0 aromatic carbocycles. The topological polar surface area (TPSA) is 149 Å². The molecule has 0 amide bonds. The second-order valence-corrected chi connectivity index (χ2v) is 14.1. The van der Waals surface area contributed by atoms with Crippen molar-refractivity contribution in [2.75, 3.05) is 26.4 Å². The highest BCUT2D eigenvalue weighted by molar-refractivity contribution is 7.47. The molecule has 1 unspecified atom stereocenters. The monoisotopic (exact) mass is 692 g/mol. The highest BCUT2D eigenvalue weighted by Crippen LogP contribution is 2.43. The number of rotatable bonds is 35. The Balaban J connectivity index is 4.38. The summed E-state index contributed by atoms with van der Waals surface area (Å²) < 4.78 is 32.5. The fourth-order valence-electron chi connectivity index (χ4n) is 4.99. The van der Waals surface area contributed by atoms with E-state index in [9.17, 15) is 24.2 Å². The minimum absolute atomic E-state index is 0.178. The predicted molar refractivity (Wildman–Crippen MR) is 187 cm³/mol. The first-order chi connectivity index (χ1) is 22.7. The quantitative estimate of drug-likeness (QED) is 0.0254. The summed E-state index contributed by atoms with van der Waals surface area (Å²) in [5.74, 6) is -0.933. The van der Waals surface area contributed by atoms with Gasteiger partial charge in [-0.2, -0.15) is 0 Å².